The third kappa shape index (κ3) is 2.89. The molecule has 1 aromatic rings. The fourth-order valence-electron chi connectivity index (χ4n) is 2.61. The molecule has 1 aliphatic carbocycles. The minimum absolute atomic E-state index is 0.574. The lowest BCUT2D eigenvalue weighted by molar-refractivity contribution is 0.439. The summed E-state index contributed by atoms with van der Waals surface area (Å²) in [7, 11) is 0. The Labute approximate surface area is 108 Å². The minimum atomic E-state index is 0.574. The molecule has 0 aliphatic heterocycles. The van der Waals surface area contributed by atoms with Gasteiger partial charge in [-0.2, -0.15) is 0 Å². The van der Waals surface area contributed by atoms with E-state index >= 15 is 0 Å². The fourth-order valence-corrected chi connectivity index (χ4v) is 2.88. The van der Waals surface area contributed by atoms with Gasteiger partial charge < -0.3 is 5.32 Å². The average Bonchev–Trinajstić information content (AvgIpc) is 2.72. The largest absolute Gasteiger partial charge is 0.369 e. The summed E-state index contributed by atoms with van der Waals surface area (Å²) < 4.78 is 0. The maximum absolute atomic E-state index is 6.06. The number of anilines is 1. The van der Waals surface area contributed by atoms with Crippen LogP contribution in [0.5, 0.6) is 0 Å². The Morgan fingerprint density at radius 1 is 1.41 bits per heavy atom. The van der Waals surface area contributed by atoms with E-state index in [-0.39, 0.29) is 0 Å². The Hall–Kier alpha value is -0.830. The highest BCUT2D eigenvalue weighted by Gasteiger charge is 2.23. The van der Waals surface area contributed by atoms with Gasteiger partial charge in [-0.05, 0) is 24.7 Å². The van der Waals surface area contributed by atoms with E-state index in [0.29, 0.717) is 5.15 Å². The van der Waals surface area contributed by atoms with Gasteiger partial charge in [-0.25, -0.2) is 9.97 Å². The van der Waals surface area contributed by atoms with Crippen molar-refractivity contribution in [1.29, 1.82) is 0 Å². The van der Waals surface area contributed by atoms with E-state index in [0.717, 1.165) is 36.2 Å². The molecule has 0 saturated heterocycles. The van der Waals surface area contributed by atoms with Crippen molar-refractivity contribution in [3.8, 4) is 0 Å². The zero-order valence-electron chi connectivity index (χ0n) is 10.5. The van der Waals surface area contributed by atoms with E-state index in [2.05, 4.69) is 29.1 Å². The van der Waals surface area contributed by atoms with Crippen LogP contribution in [-0.4, -0.2) is 16.5 Å². The van der Waals surface area contributed by atoms with Crippen molar-refractivity contribution in [2.24, 2.45) is 11.8 Å². The summed E-state index contributed by atoms with van der Waals surface area (Å²) in [6.07, 6.45) is 6.44. The van der Waals surface area contributed by atoms with E-state index in [1.165, 1.54) is 25.6 Å². The summed E-state index contributed by atoms with van der Waals surface area (Å²) in [6.45, 7) is 5.42. The highest BCUT2D eigenvalue weighted by atomic mass is 35.5. The lowest BCUT2D eigenvalue weighted by atomic mass is 9.98. The quantitative estimate of drug-likeness (QED) is 0.834. The fraction of sp³-hybridized carbons (Fsp3) is 0.692. The molecule has 0 radical (unpaired) electrons. The van der Waals surface area contributed by atoms with Crippen LogP contribution in [0.3, 0.4) is 0 Å². The number of hydrogen-bond acceptors (Lipinski definition) is 3. The number of nitrogens with zero attached hydrogens (tertiary/aromatic N) is 2. The SMILES string of the molecule is CCc1c(Cl)ncnc1NCC1CCCC1C. The second kappa shape index (κ2) is 5.67. The Bertz CT molecular complexity index is 381. The second-order valence-electron chi connectivity index (χ2n) is 4.89. The lowest BCUT2D eigenvalue weighted by Gasteiger charge is -2.17. The van der Waals surface area contributed by atoms with Crippen LogP contribution in [0.25, 0.3) is 0 Å². The van der Waals surface area contributed by atoms with E-state index in [9.17, 15) is 0 Å². The van der Waals surface area contributed by atoms with Gasteiger partial charge in [0.05, 0.1) is 0 Å². The molecule has 1 aliphatic rings. The van der Waals surface area contributed by atoms with Gasteiger partial charge >= 0.3 is 0 Å². The molecule has 2 unspecified atom stereocenters. The van der Waals surface area contributed by atoms with Crippen LogP contribution < -0.4 is 5.32 Å². The van der Waals surface area contributed by atoms with Crippen molar-refractivity contribution in [3.63, 3.8) is 0 Å². The van der Waals surface area contributed by atoms with Crippen LogP contribution in [-0.2, 0) is 6.42 Å². The lowest BCUT2D eigenvalue weighted by Crippen LogP contribution is -2.18. The summed E-state index contributed by atoms with van der Waals surface area (Å²) in [5.74, 6) is 2.50. The molecule has 2 atom stereocenters. The molecule has 94 valence electrons. The minimum Gasteiger partial charge on any atom is -0.369 e. The molecule has 1 fully saturated rings. The smallest absolute Gasteiger partial charge is 0.137 e. The first-order valence-electron chi connectivity index (χ1n) is 6.45. The predicted molar refractivity (Wildman–Crippen MR) is 71.4 cm³/mol. The number of rotatable bonds is 4. The van der Waals surface area contributed by atoms with Crippen LogP contribution in [0.2, 0.25) is 5.15 Å². The predicted octanol–water partition coefficient (Wildman–Crippen LogP) is 3.54. The third-order valence-electron chi connectivity index (χ3n) is 3.82. The van der Waals surface area contributed by atoms with Gasteiger partial charge in [0.15, 0.2) is 0 Å². The number of hydrogen-bond donors (Lipinski definition) is 1. The molecule has 1 heterocycles. The molecular formula is C13H20ClN3. The van der Waals surface area contributed by atoms with Crippen LogP contribution in [0.15, 0.2) is 6.33 Å². The molecule has 0 amide bonds. The molecule has 0 aromatic carbocycles. The maximum atomic E-state index is 6.06. The zero-order chi connectivity index (χ0) is 12.3. The first kappa shape index (κ1) is 12.6. The molecule has 4 heteroatoms. The van der Waals surface area contributed by atoms with Gasteiger partial charge in [0.2, 0.25) is 0 Å². The highest BCUT2D eigenvalue weighted by Crippen LogP contribution is 2.31. The summed E-state index contributed by atoms with van der Waals surface area (Å²) in [4.78, 5) is 8.31. The van der Waals surface area contributed by atoms with E-state index < -0.39 is 0 Å². The Kier molecular flexibility index (Phi) is 4.21. The normalized spacial score (nSPS) is 23.9. The number of aromatic nitrogens is 2. The number of halogens is 1. The van der Waals surface area contributed by atoms with Gasteiger partial charge in [0, 0.05) is 12.1 Å². The highest BCUT2D eigenvalue weighted by molar-refractivity contribution is 6.30. The van der Waals surface area contributed by atoms with Gasteiger partial charge in [-0.3, -0.25) is 0 Å². The maximum Gasteiger partial charge on any atom is 0.137 e. The van der Waals surface area contributed by atoms with E-state index in [4.69, 9.17) is 11.6 Å². The topological polar surface area (TPSA) is 37.8 Å². The second-order valence-corrected chi connectivity index (χ2v) is 5.25. The standard InChI is InChI=1S/C13H20ClN3/c1-3-11-12(14)16-8-17-13(11)15-7-10-6-4-5-9(10)2/h8-10H,3-7H2,1-2H3,(H,15,16,17). The molecule has 3 nitrogen and oxygen atoms in total. The first-order valence-corrected chi connectivity index (χ1v) is 6.83. The molecule has 1 saturated carbocycles. The van der Waals surface area contributed by atoms with Gasteiger partial charge in [-0.1, -0.05) is 38.3 Å². The average molecular weight is 254 g/mol. The van der Waals surface area contributed by atoms with Crippen LogP contribution in [0.4, 0.5) is 5.82 Å². The Morgan fingerprint density at radius 2 is 2.24 bits per heavy atom. The molecule has 2 rings (SSSR count). The van der Waals surface area contributed by atoms with E-state index in [1.54, 1.807) is 0 Å². The summed E-state index contributed by atoms with van der Waals surface area (Å²) >= 11 is 6.06. The molecule has 0 spiro atoms. The first-order chi connectivity index (χ1) is 8.22. The van der Waals surface area contributed by atoms with E-state index in [1.807, 2.05) is 0 Å². The Morgan fingerprint density at radius 3 is 2.88 bits per heavy atom. The van der Waals surface area contributed by atoms with Gasteiger partial charge in [0.1, 0.15) is 17.3 Å². The van der Waals surface area contributed by atoms with Gasteiger partial charge in [-0.15, -0.1) is 0 Å². The van der Waals surface area contributed by atoms with Crippen LogP contribution >= 0.6 is 11.6 Å². The van der Waals surface area contributed by atoms with Crippen LogP contribution in [0.1, 0.15) is 38.7 Å². The number of nitrogens with one attached hydrogen (secondary N) is 1. The van der Waals surface area contributed by atoms with Crippen molar-refractivity contribution in [3.05, 3.63) is 17.0 Å². The molecule has 17 heavy (non-hydrogen) atoms. The van der Waals surface area contributed by atoms with Crippen molar-refractivity contribution in [1.82, 2.24) is 9.97 Å². The zero-order valence-corrected chi connectivity index (χ0v) is 11.3. The Balaban J connectivity index is 2.01. The van der Waals surface area contributed by atoms with Crippen molar-refractivity contribution >= 4 is 17.4 Å². The monoisotopic (exact) mass is 253 g/mol. The van der Waals surface area contributed by atoms with Crippen molar-refractivity contribution < 1.29 is 0 Å². The summed E-state index contributed by atoms with van der Waals surface area (Å²) in [5, 5.41) is 4.02. The molecular weight excluding hydrogens is 234 g/mol. The van der Waals surface area contributed by atoms with Gasteiger partial charge in [0.25, 0.3) is 0 Å². The van der Waals surface area contributed by atoms with Crippen LogP contribution in [0, 0.1) is 11.8 Å². The molecule has 0 bridgehead atoms. The molecule has 1 aromatic heterocycles. The summed E-state index contributed by atoms with van der Waals surface area (Å²) in [6, 6.07) is 0. The van der Waals surface area contributed by atoms with Crippen molar-refractivity contribution in [2.45, 2.75) is 39.5 Å². The molecule has 1 N–H and O–H groups in total. The van der Waals surface area contributed by atoms with Crippen molar-refractivity contribution in [2.75, 3.05) is 11.9 Å². The summed E-state index contributed by atoms with van der Waals surface area (Å²) in [5.41, 5.74) is 1.03. The third-order valence-corrected chi connectivity index (χ3v) is 4.14.